The zero-order valence-corrected chi connectivity index (χ0v) is 19.1. The number of rotatable bonds is 8. The molecule has 1 fully saturated rings. The number of nitrogens with one attached hydrogen (secondary N) is 1. The standard InChI is InChI=1S/C24H29F3N2O5/c1-15-4-3-5-16(12-15)8-11-34-19-13-17(14-28-21(19)33-2)20(30)29-23(22(31)32)9-6-18(7-10-23)24(25,26)27/h3-5,12-14,18,22,31-32H,6-11H2,1-2H3,(H,29,30). The number of alkyl halides is 3. The second kappa shape index (κ2) is 10.6. The molecule has 0 aliphatic heterocycles. The Labute approximate surface area is 195 Å². The molecule has 3 N–H and O–H groups in total. The highest BCUT2D eigenvalue weighted by Gasteiger charge is 2.49. The van der Waals surface area contributed by atoms with Gasteiger partial charge in [-0.2, -0.15) is 13.2 Å². The summed E-state index contributed by atoms with van der Waals surface area (Å²) >= 11 is 0. The molecule has 1 aromatic heterocycles. The first kappa shape index (κ1) is 25.8. The number of aliphatic hydroxyl groups excluding tert-OH is 1. The quantitative estimate of drug-likeness (QED) is 0.498. The lowest BCUT2D eigenvalue weighted by molar-refractivity contribution is -0.195. The van der Waals surface area contributed by atoms with E-state index in [0.717, 1.165) is 11.1 Å². The fourth-order valence-electron chi connectivity index (χ4n) is 4.17. The van der Waals surface area contributed by atoms with Crippen LogP contribution in [0, 0.1) is 12.8 Å². The summed E-state index contributed by atoms with van der Waals surface area (Å²) in [6.07, 6.45) is -5.58. The van der Waals surface area contributed by atoms with Gasteiger partial charge in [0.15, 0.2) is 12.0 Å². The van der Waals surface area contributed by atoms with Gasteiger partial charge < -0.3 is 25.0 Å². The number of nitrogens with zero attached hydrogens (tertiary/aromatic N) is 1. The van der Waals surface area contributed by atoms with Gasteiger partial charge in [-0.05, 0) is 38.2 Å². The third kappa shape index (κ3) is 6.18. The average Bonchev–Trinajstić information content (AvgIpc) is 2.78. The fourth-order valence-corrected chi connectivity index (χ4v) is 4.17. The summed E-state index contributed by atoms with van der Waals surface area (Å²) in [6, 6.07) is 9.37. The summed E-state index contributed by atoms with van der Waals surface area (Å²) in [5.74, 6) is -1.84. The SMILES string of the molecule is COc1ncc(C(=O)NC2(C(O)O)CCC(C(F)(F)F)CC2)cc1OCCc1cccc(C)c1. The Kier molecular flexibility index (Phi) is 8.04. The Balaban J connectivity index is 1.70. The molecule has 1 aliphatic carbocycles. The zero-order chi connectivity index (χ0) is 24.9. The molecule has 34 heavy (non-hydrogen) atoms. The van der Waals surface area contributed by atoms with E-state index in [9.17, 15) is 28.2 Å². The van der Waals surface area contributed by atoms with Crippen molar-refractivity contribution in [2.45, 2.75) is 57.0 Å². The van der Waals surface area contributed by atoms with Gasteiger partial charge in [0.25, 0.3) is 11.8 Å². The zero-order valence-electron chi connectivity index (χ0n) is 19.1. The van der Waals surface area contributed by atoms with E-state index in [0.29, 0.717) is 13.0 Å². The molecule has 0 bridgehead atoms. The van der Waals surface area contributed by atoms with Gasteiger partial charge in [-0.25, -0.2) is 4.98 Å². The van der Waals surface area contributed by atoms with E-state index in [4.69, 9.17) is 9.47 Å². The Morgan fingerprint density at radius 3 is 2.56 bits per heavy atom. The molecule has 1 aromatic carbocycles. The first-order valence-electron chi connectivity index (χ1n) is 11.0. The van der Waals surface area contributed by atoms with E-state index in [2.05, 4.69) is 10.3 Å². The van der Waals surface area contributed by atoms with Crippen molar-refractivity contribution in [3.8, 4) is 11.6 Å². The number of aromatic nitrogens is 1. The maximum atomic E-state index is 13.0. The minimum atomic E-state index is -4.36. The van der Waals surface area contributed by atoms with Gasteiger partial charge in [-0.1, -0.05) is 29.8 Å². The van der Waals surface area contributed by atoms with Crippen LogP contribution in [0.15, 0.2) is 36.5 Å². The summed E-state index contributed by atoms with van der Waals surface area (Å²) in [7, 11) is 1.41. The number of amides is 1. The molecule has 1 aliphatic rings. The van der Waals surface area contributed by atoms with Gasteiger partial charge in [0, 0.05) is 18.7 Å². The third-order valence-electron chi connectivity index (χ3n) is 6.20. The Hall–Kier alpha value is -2.85. The summed E-state index contributed by atoms with van der Waals surface area (Å²) in [5, 5.41) is 22.3. The third-order valence-corrected chi connectivity index (χ3v) is 6.20. The number of benzene rings is 1. The van der Waals surface area contributed by atoms with Crippen molar-refractivity contribution in [3.05, 3.63) is 53.2 Å². The molecule has 0 radical (unpaired) electrons. The van der Waals surface area contributed by atoms with E-state index < -0.39 is 29.8 Å². The Bertz CT molecular complexity index is 989. The highest BCUT2D eigenvalue weighted by atomic mass is 19.4. The lowest BCUT2D eigenvalue weighted by Gasteiger charge is -2.42. The smallest absolute Gasteiger partial charge is 0.391 e. The summed E-state index contributed by atoms with van der Waals surface area (Å²) in [6.45, 7) is 2.29. The Morgan fingerprint density at radius 2 is 1.97 bits per heavy atom. The maximum absolute atomic E-state index is 13.0. The van der Waals surface area contributed by atoms with Crippen LogP contribution in [-0.4, -0.2) is 52.8 Å². The Morgan fingerprint density at radius 1 is 1.26 bits per heavy atom. The number of hydrogen-bond donors (Lipinski definition) is 3. The molecule has 3 rings (SSSR count). The van der Waals surface area contributed by atoms with Crippen LogP contribution in [0.2, 0.25) is 0 Å². The van der Waals surface area contributed by atoms with Gasteiger partial charge in [0.1, 0.15) is 0 Å². The van der Waals surface area contributed by atoms with Crippen LogP contribution < -0.4 is 14.8 Å². The molecular formula is C24H29F3N2O5. The van der Waals surface area contributed by atoms with Crippen LogP contribution in [0.4, 0.5) is 13.2 Å². The maximum Gasteiger partial charge on any atom is 0.391 e. The number of hydrogen-bond acceptors (Lipinski definition) is 6. The van der Waals surface area contributed by atoms with E-state index in [1.165, 1.54) is 19.4 Å². The predicted octanol–water partition coefficient (Wildman–Crippen LogP) is 3.55. The van der Waals surface area contributed by atoms with Gasteiger partial charge in [-0.3, -0.25) is 4.79 Å². The van der Waals surface area contributed by atoms with E-state index in [-0.39, 0.29) is 42.9 Å². The number of aliphatic hydroxyl groups is 2. The molecule has 7 nitrogen and oxygen atoms in total. The molecule has 0 unspecified atom stereocenters. The second-order valence-corrected chi connectivity index (χ2v) is 8.62. The molecule has 1 heterocycles. The molecule has 0 atom stereocenters. The van der Waals surface area contributed by atoms with Crippen molar-refractivity contribution >= 4 is 5.91 Å². The molecular weight excluding hydrogens is 453 g/mol. The highest BCUT2D eigenvalue weighted by molar-refractivity contribution is 5.95. The van der Waals surface area contributed by atoms with Gasteiger partial charge in [0.05, 0.1) is 30.7 Å². The number of pyridine rings is 1. The minimum absolute atomic E-state index is 0.0596. The molecule has 10 heteroatoms. The first-order chi connectivity index (χ1) is 16.0. The number of methoxy groups -OCH3 is 1. The lowest BCUT2D eigenvalue weighted by Crippen LogP contribution is -2.59. The van der Waals surface area contributed by atoms with Crippen LogP contribution in [0.1, 0.15) is 47.2 Å². The average molecular weight is 482 g/mol. The van der Waals surface area contributed by atoms with E-state index in [1.807, 2.05) is 31.2 Å². The number of halogens is 3. The summed E-state index contributed by atoms with van der Waals surface area (Å²) in [4.78, 5) is 17.0. The van der Waals surface area contributed by atoms with Crippen molar-refractivity contribution in [1.29, 1.82) is 0 Å². The molecule has 186 valence electrons. The van der Waals surface area contributed by atoms with Gasteiger partial charge in [-0.15, -0.1) is 0 Å². The van der Waals surface area contributed by atoms with Crippen molar-refractivity contribution in [2.24, 2.45) is 5.92 Å². The number of carbonyl (C=O) groups is 1. The van der Waals surface area contributed by atoms with Crippen molar-refractivity contribution in [2.75, 3.05) is 13.7 Å². The van der Waals surface area contributed by atoms with Crippen LogP contribution >= 0.6 is 0 Å². The van der Waals surface area contributed by atoms with Gasteiger partial charge >= 0.3 is 6.18 Å². The largest absolute Gasteiger partial charge is 0.488 e. The van der Waals surface area contributed by atoms with E-state index in [1.54, 1.807) is 0 Å². The van der Waals surface area contributed by atoms with Crippen LogP contribution in [-0.2, 0) is 6.42 Å². The van der Waals surface area contributed by atoms with Crippen LogP contribution in [0.3, 0.4) is 0 Å². The van der Waals surface area contributed by atoms with Crippen molar-refractivity contribution in [3.63, 3.8) is 0 Å². The first-order valence-corrected chi connectivity index (χ1v) is 11.0. The summed E-state index contributed by atoms with van der Waals surface area (Å²) in [5.41, 5.74) is 0.684. The van der Waals surface area contributed by atoms with Gasteiger partial charge in [0.2, 0.25) is 0 Å². The monoisotopic (exact) mass is 482 g/mol. The van der Waals surface area contributed by atoms with Crippen LogP contribution in [0.25, 0.3) is 0 Å². The molecule has 0 spiro atoms. The highest BCUT2D eigenvalue weighted by Crippen LogP contribution is 2.42. The van der Waals surface area contributed by atoms with Crippen LogP contribution in [0.5, 0.6) is 11.6 Å². The molecule has 0 saturated heterocycles. The number of ether oxygens (including phenoxy) is 2. The number of carbonyl (C=O) groups excluding carboxylic acids is 1. The molecule has 1 saturated carbocycles. The lowest BCUT2D eigenvalue weighted by atomic mass is 9.75. The molecule has 2 aromatic rings. The fraction of sp³-hybridized carbons (Fsp3) is 0.500. The van der Waals surface area contributed by atoms with Crippen molar-refractivity contribution < 1.29 is 37.7 Å². The van der Waals surface area contributed by atoms with Crippen molar-refractivity contribution in [1.82, 2.24) is 10.3 Å². The minimum Gasteiger partial charge on any atom is -0.488 e. The summed E-state index contributed by atoms with van der Waals surface area (Å²) < 4.78 is 50.0. The normalized spacial score (nSPS) is 20.8. The predicted molar refractivity (Wildman–Crippen MR) is 118 cm³/mol. The van der Waals surface area contributed by atoms with E-state index >= 15 is 0 Å². The topological polar surface area (TPSA) is 101 Å². The number of aryl methyl sites for hydroxylation is 1. The molecule has 1 amide bonds. The second-order valence-electron chi connectivity index (χ2n) is 8.62.